The van der Waals surface area contributed by atoms with Gasteiger partial charge in [0.1, 0.15) is 0 Å². The van der Waals surface area contributed by atoms with E-state index in [-0.39, 0.29) is 5.41 Å². The highest BCUT2D eigenvalue weighted by Crippen LogP contribution is 2.58. The first-order valence-corrected chi connectivity index (χ1v) is 13.2. The molecule has 34 heavy (non-hydrogen) atoms. The van der Waals surface area contributed by atoms with Gasteiger partial charge in [0.2, 0.25) is 0 Å². The number of aryl methyl sites for hydroxylation is 3. The van der Waals surface area contributed by atoms with Gasteiger partial charge in [0.05, 0.1) is 5.41 Å². The molecule has 0 saturated carbocycles. The zero-order chi connectivity index (χ0) is 23.5. The van der Waals surface area contributed by atoms with Crippen molar-refractivity contribution in [3.63, 3.8) is 0 Å². The first kappa shape index (κ1) is 22.7. The molecule has 0 radical (unpaired) electrons. The summed E-state index contributed by atoms with van der Waals surface area (Å²) in [6, 6.07) is 34.6. The molecular weight excluding hydrogens is 408 g/mol. The van der Waals surface area contributed by atoms with E-state index in [2.05, 4.69) is 112 Å². The Labute approximate surface area is 205 Å². The molecule has 4 aromatic rings. The molecule has 0 nitrogen and oxygen atoms in total. The predicted octanol–water partition coefficient (Wildman–Crippen LogP) is 8.91. The Bertz CT molecular complexity index is 1220. The number of hydrogen-bond acceptors (Lipinski definition) is 0. The maximum Gasteiger partial charge on any atom is 0.0716 e. The van der Waals surface area contributed by atoms with Crippen molar-refractivity contribution in [2.45, 2.75) is 64.7 Å². The summed E-state index contributed by atoms with van der Waals surface area (Å²) in [6.07, 6.45) is 6.85. The highest BCUT2D eigenvalue weighted by Gasteiger charge is 2.48. The summed E-state index contributed by atoms with van der Waals surface area (Å²) in [5.41, 5.74) is 12.9. The van der Waals surface area contributed by atoms with Crippen LogP contribution in [-0.4, -0.2) is 0 Å². The lowest BCUT2D eigenvalue weighted by atomic mass is 9.66. The molecule has 0 atom stereocenters. The van der Waals surface area contributed by atoms with Gasteiger partial charge in [0, 0.05) is 0 Å². The van der Waals surface area contributed by atoms with Crippen LogP contribution in [0.4, 0.5) is 0 Å². The van der Waals surface area contributed by atoms with Crippen molar-refractivity contribution < 1.29 is 0 Å². The summed E-state index contributed by atoms with van der Waals surface area (Å²) in [5, 5.41) is 0. The molecule has 0 spiro atoms. The second-order valence-corrected chi connectivity index (χ2v) is 9.75. The number of benzene rings is 4. The van der Waals surface area contributed by atoms with Gasteiger partial charge in [0.25, 0.3) is 0 Å². The smallest absolute Gasteiger partial charge is 0.0651 e. The van der Waals surface area contributed by atoms with Gasteiger partial charge in [-0.05, 0) is 69.3 Å². The first-order chi connectivity index (χ1) is 16.7. The van der Waals surface area contributed by atoms with Crippen LogP contribution in [0.5, 0.6) is 0 Å². The van der Waals surface area contributed by atoms with Crippen molar-refractivity contribution in [2.75, 3.05) is 0 Å². The van der Waals surface area contributed by atoms with Crippen molar-refractivity contribution in [1.29, 1.82) is 0 Å². The summed E-state index contributed by atoms with van der Waals surface area (Å²) in [7, 11) is 0. The van der Waals surface area contributed by atoms with Crippen LogP contribution in [-0.2, 0) is 24.7 Å². The fraction of sp³-hybridized carbons (Fsp3) is 0.294. The number of fused-ring (bicyclic) bond motifs is 3. The van der Waals surface area contributed by atoms with Crippen molar-refractivity contribution in [3.05, 3.63) is 130 Å². The van der Waals surface area contributed by atoms with E-state index < -0.39 is 0 Å². The highest BCUT2D eigenvalue weighted by molar-refractivity contribution is 5.89. The van der Waals surface area contributed by atoms with E-state index in [0.29, 0.717) is 0 Å². The van der Waals surface area contributed by atoms with Crippen LogP contribution < -0.4 is 0 Å². The zero-order valence-electron chi connectivity index (χ0n) is 20.9. The van der Waals surface area contributed by atoms with E-state index in [1.54, 1.807) is 0 Å². The molecule has 0 heteroatoms. The maximum absolute atomic E-state index is 2.53. The van der Waals surface area contributed by atoms with E-state index in [0.717, 1.165) is 32.1 Å². The first-order valence-electron chi connectivity index (χ1n) is 13.2. The molecule has 0 fully saturated rings. The van der Waals surface area contributed by atoms with Crippen molar-refractivity contribution in [1.82, 2.24) is 0 Å². The van der Waals surface area contributed by atoms with Crippen molar-refractivity contribution in [2.24, 2.45) is 0 Å². The molecule has 1 aliphatic rings. The molecule has 0 aromatic heterocycles. The van der Waals surface area contributed by atoms with E-state index >= 15 is 0 Å². The van der Waals surface area contributed by atoms with Crippen molar-refractivity contribution >= 4 is 0 Å². The Morgan fingerprint density at radius 3 is 1.74 bits per heavy atom. The molecule has 0 amide bonds. The lowest BCUT2D eigenvalue weighted by Gasteiger charge is -2.35. The fourth-order valence-electron chi connectivity index (χ4n) is 6.29. The highest BCUT2D eigenvalue weighted by atomic mass is 14.5. The molecule has 0 saturated heterocycles. The zero-order valence-corrected chi connectivity index (χ0v) is 20.9. The maximum atomic E-state index is 2.53. The Hall–Kier alpha value is -3.12. The molecule has 1 aliphatic carbocycles. The summed E-state index contributed by atoms with van der Waals surface area (Å²) < 4.78 is 0. The Morgan fingerprint density at radius 1 is 0.559 bits per heavy atom. The summed E-state index contributed by atoms with van der Waals surface area (Å²) in [6.45, 7) is 6.91. The summed E-state index contributed by atoms with van der Waals surface area (Å²) in [4.78, 5) is 0. The molecule has 0 unspecified atom stereocenters. The van der Waals surface area contributed by atoms with Crippen molar-refractivity contribution in [3.8, 4) is 11.1 Å². The third kappa shape index (κ3) is 3.52. The third-order valence-electron chi connectivity index (χ3n) is 7.47. The Balaban J connectivity index is 1.98. The van der Waals surface area contributed by atoms with Gasteiger partial charge in [-0.15, -0.1) is 0 Å². The van der Waals surface area contributed by atoms with Crippen LogP contribution in [0, 0.1) is 0 Å². The molecule has 0 aliphatic heterocycles. The third-order valence-corrected chi connectivity index (χ3v) is 7.47. The van der Waals surface area contributed by atoms with Gasteiger partial charge < -0.3 is 0 Å². The van der Waals surface area contributed by atoms with Crippen LogP contribution in [0.1, 0.15) is 79.0 Å². The van der Waals surface area contributed by atoms with Crippen LogP contribution in [0.3, 0.4) is 0 Å². The predicted molar refractivity (Wildman–Crippen MR) is 146 cm³/mol. The molecule has 172 valence electrons. The average molecular weight is 445 g/mol. The van der Waals surface area contributed by atoms with Gasteiger partial charge in [-0.2, -0.15) is 0 Å². The van der Waals surface area contributed by atoms with Gasteiger partial charge >= 0.3 is 0 Å². The van der Waals surface area contributed by atoms with E-state index in [1.165, 1.54) is 56.5 Å². The topological polar surface area (TPSA) is 0 Å². The molecule has 0 bridgehead atoms. The normalized spacial score (nSPS) is 13.5. The SMILES string of the molecule is CCCc1cc(CCC)c2c(c1)-c1c(CCC)cccc1C2(c1ccccc1)c1ccccc1. The van der Waals surface area contributed by atoms with Crippen LogP contribution in [0.25, 0.3) is 11.1 Å². The molecule has 5 rings (SSSR count). The average Bonchev–Trinajstić information content (AvgIpc) is 3.18. The minimum atomic E-state index is -0.286. The quantitative estimate of drug-likeness (QED) is 0.224. The summed E-state index contributed by atoms with van der Waals surface area (Å²) in [5.74, 6) is 0. The Morgan fingerprint density at radius 2 is 1.15 bits per heavy atom. The van der Waals surface area contributed by atoms with Gasteiger partial charge in [-0.1, -0.05) is 131 Å². The van der Waals surface area contributed by atoms with E-state index in [1.807, 2.05) is 0 Å². The lowest BCUT2D eigenvalue weighted by molar-refractivity contribution is 0.744. The van der Waals surface area contributed by atoms with Gasteiger partial charge in [-0.25, -0.2) is 0 Å². The minimum Gasteiger partial charge on any atom is -0.0651 e. The van der Waals surface area contributed by atoms with Crippen LogP contribution in [0.15, 0.2) is 91.0 Å². The molecular formula is C34H36. The number of hydrogen-bond donors (Lipinski definition) is 0. The van der Waals surface area contributed by atoms with E-state index in [9.17, 15) is 0 Å². The lowest BCUT2D eigenvalue weighted by Crippen LogP contribution is -2.30. The largest absolute Gasteiger partial charge is 0.0716 e. The van der Waals surface area contributed by atoms with Gasteiger partial charge in [0.15, 0.2) is 0 Å². The standard InChI is InChI=1S/C34H36/c1-4-14-25-23-27(16-6-3)33-30(24-25)32-26(15-5-2)17-13-22-31(32)34(33,28-18-9-7-10-19-28)29-20-11-8-12-21-29/h7-13,17-24H,4-6,14-16H2,1-3H3. The Kier molecular flexibility index (Phi) is 6.42. The van der Waals surface area contributed by atoms with E-state index in [4.69, 9.17) is 0 Å². The second kappa shape index (κ2) is 9.63. The monoisotopic (exact) mass is 444 g/mol. The summed E-state index contributed by atoms with van der Waals surface area (Å²) >= 11 is 0. The second-order valence-electron chi connectivity index (χ2n) is 9.75. The van der Waals surface area contributed by atoms with Crippen LogP contribution >= 0.6 is 0 Å². The minimum absolute atomic E-state index is 0.286. The fourth-order valence-corrected chi connectivity index (χ4v) is 6.29. The molecule has 0 heterocycles. The molecule has 0 N–H and O–H groups in total. The van der Waals surface area contributed by atoms with Gasteiger partial charge in [-0.3, -0.25) is 0 Å². The van der Waals surface area contributed by atoms with Crippen LogP contribution in [0.2, 0.25) is 0 Å². The number of rotatable bonds is 8. The molecule has 4 aromatic carbocycles.